The molecule has 0 spiro atoms. The van der Waals surface area contributed by atoms with Gasteiger partial charge in [0.15, 0.2) is 5.78 Å². The molecule has 1 aromatic rings. The second-order valence-corrected chi connectivity index (χ2v) is 5.09. The second kappa shape index (κ2) is 5.50. The molecule has 2 rings (SSSR count). The molecule has 1 N–H and O–H groups in total. The molecule has 0 bridgehead atoms. The lowest BCUT2D eigenvalue weighted by atomic mass is 10.1. The summed E-state index contributed by atoms with van der Waals surface area (Å²) in [5.41, 5.74) is 0.735. The van der Waals surface area contributed by atoms with Gasteiger partial charge in [0.2, 0.25) is 0 Å². The standard InChI is InChI=1S/C11H17N3OS/c1-2-14-7-9(6-13-14)11(15)5-10-8-16-4-3-12-10/h6-7,10,12H,2-5,8H2,1H3. The van der Waals surface area contributed by atoms with Crippen LogP contribution < -0.4 is 5.32 Å². The van der Waals surface area contributed by atoms with Crippen molar-refractivity contribution in [2.24, 2.45) is 0 Å². The summed E-state index contributed by atoms with van der Waals surface area (Å²) in [4.78, 5) is 11.9. The van der Waals surface area contributed by atoms with Crippen LogP contribution in [0.3, 0.4) is 0 Å². The maximum atomic E-state index is 11.9. The third kappa shape index (κ3) is 2.86. The summed E-state index contributed by atoms with van der Waals surface area (Å²) in [6.07, 6.45) is 4.09. The van der Waals surface area contributed by atoms with E-state index in [1.165, 1.54) is 0 Å². The predicted octanol–water partition coefficient (Wildman–Crippen LogP) is 1.18. The van der Waals surface area contributed by atoms with Gasteiger partial charge in [-0.1, -0.05) is 0 Å². The normalized spacial score (nSPS) is 20.9. The molecule has 16 heavy (non-hydrogen) atoms. The molecule has 1 atom stereocenters. The molecule has 4 nitrogen and oxygen atoms in total. The third-order valence-corrected chi connectivity index (χ3v) is 3.84. The number of aryl methyl sites for hydroxylation is 1. The summed E-state index contributed by atoms with van der Waals surface area (Å²) in [6, 6.07) is 0.330. The van der Waals surface area contributed by atoms with Crippen molar-refractivity contribution < 1.29 is 4.79 Å². The van der Waals surface area contributed by atoms with Gasteiger partial charge in [0.25, 0.3) is 0 Å². The van der Waals surface area contributed by atoms with Gasteiger partial charge in [0, 0.05) is 43.3 Å². The first-order chi connectivity index (χ1) is 7.79. The molecule has 0 aromatic carbocycles. The van der Waals surface area contributed by atoms with Crippen LogP contribution in [0.2, 0.25) is 0 Å². The lowest BCUT2D eigenvalue weighted by molar-refractivity contribution is 0.0972. The zero-order chi connectivity index (χ0) is 11.4. The Balaban J connectivity index is 1.91. The second-order valence-electron chi connectivity index (χ2n) is 3.94. The van der Waals surface area contributed by atoms with Crippen LogP contribution in [0.15, 0.2) is 12.4 Å². The summed E-state index contributed by atoms with van der Waals surface area (Å²) >= 11 is 1.91. The van der Waals surface area contributed by atoms with Crippen molar-refractivity contribution in [3.8, 4) is 0 Å². The van der Waals surface area contributed by atoms with E-state index in [1.54, 1.807) is 10.9 Å². The minimum Gasteiger partial charge on any atom is -0.312 e. The Hall–Kier alpha value is -0.810. The lowest BCUT2D eigenvalue weighted by Gasteiger charge is -2.22. The molecule has 5 heteroatoms. The van der Waals surface area contributed by atoms with Crippen molar-refractivity contribution in [3.05, 3.63) is 18.0 Å². The first kappa shape index (κ1) is 11.7. The highest BCUT2D eigenvalue weighted by atomic mass is 32.2. The number of nitrogens with one attached hydrogen (secondary N) is 1. The highest BCUT2D eigenvalue weighted by Crippen LogP contribution is 2.13. The van der Waals surface area contributed by atoms with E-state index in [9.17, 15) is 4.79 Å². The van der Waals surface area contributed by atoms with E-state index in [0.717, 1.165) is 30.2 Å². The summed E-state index contributed by atoms with van der Waals surface area (Å²) in [5, 5.41) is 7.49. The van der Waals surface area contributed by atoms with Crippen molar-refractivity contribution in [1.82, 2.24) is 15.1 Å². The molecule has 0 aliphatic carbocycles. The van der Waals surface area contributed by atoms with E-state index in [1.807, 2.05) is 24.9 Å². The number of hydrogen-bond acceptors (Lipinski definition) is 4. The number of Topliss-reactive ketones (excluding diaryl/α,β-unsaturated/α-hetero) is 1. The Morgan fingerprint density at radius 3 is 3.25 bits per heavy atom. The average Bonchev–Trinajstić information content (AvgIpc) is 2.79. The molecule has 1 aromatic heterocycles. The molecular formula is C11H17N3OS. The molecule has 1 fully saturated rings. The molecule has 1 saturated heterocycles. The van der Waals surface area contributed by atoms with Crippen molar-refractivity contribution in [2.75, 3.05) is 18.1 Å². The Kier molecular flexibility index (Phi) is 4.01. The van der Waals surface area contributed by atoms with Gasteiger partial charge in [0.05, 0.1) is 11.8 Å². The summed E-state index contributed by atoms with van der Waals surface area (Å²) in [7, 11) is 0. The van der Waals surface area contributed by atoms with Crippen molar-refractivity contribution in [1.29, 1.82) is 0 Å². The van der Waals surface area contributed by atoms with Crippen LogP contribution in [-0.4, -0.2) is 39.7 Å². The highest BCUT2D eigenvalue weighted by molar-refractivity contribution is 7.99. The van der Waals surface area contributed by atoms with Crippen LogP contribution in [0.5, 0.6) is 0 Å². The van der Waals surface area contributed by atoms with Gasteiger partial charge < -0.3 is 5.32 Å². The smallest absolute Gasteiger partial charge is 0.167 e. The van der Waals surface area contributed by atoms with Crippen molar-refractivity contribution in [3.63, 3.8) is 0 Å². The third-order valence-electron chi connectivity index (χ3n) is 2.71. The molecule has 1 aliphatic heterocycles. The van der Waals surface area contributed by atoms with Crippen LogP contribution in [0.1, 0.15) is 23.7 Å². The van der Waals surface area contributed by atoms with Crippen LogP contribution in [0.4, 0.5) is 0 Å². The number of aromatic nitrogens is 2. The average molecular weight is 239 g/mol. The zero-order valence-corrected chi connectivity index (χ0v) is 10.3. The van der Waals surface area contributed by atoms with E-state index < -0.39 is 0 Å². The zero-order valence-electron chi connectivity index (χ0n) is 9.48. The maximum Gasteiger partial charge on any atom is 0.167 e. The van der Waals surface area contributed by atoms with Crippen molar-refractivity contribution >= 4 is 17.5 Å². The molecule has 2 heterocycles. The summed E-state index contributed by atoms with van der Waals surface area (Å²) in [5.74, 6) is 2.38. The minimum absolute atomic E-state index is 0.194. The van der Waals surface area contributed by atoms with E-state index in [-0.39, 0.29) is 5.78 Å². The number of carbonyl (C=O) groups excluding carboxylic acids is 1. The van der Waals surface area contributed by atoms with E-state index in [0.29, 0.717) is 12.5 Å². The van der Waals surface area contributed by atoms with Gasteiger partial charge >= 0.3 is 0 Å². The van der Waals surface area contributed by atoms with Gasteiger partial charge in [-0.05, 0) is 6.92 Å². The Morgan fingerprint density at radius 2 is 2.62 bits per heavy atom. The number of rotatable bonds is 4. The molecule has 88 valence electrons. The number of ketones is 1. The van der Waals surface area contributed by atoms with Crippen molar-refractivity contribution in [2.45, 2.75) is 25.9 Å². The molecular weight excluding hydrogens is 222 g/mol. The van der Waals surface area contributed by atoms with Gasteiger partial charge in [-0.25, -0.2) is 0 Å². The molecule has 1 unspecified atom stereocenters. The first-order valence-electron chi connectivity index (χ1n) is 5.66. The fourth-order valence-corrected chi connectivity index (χ4v) is 2.72. The largest absolute Gasteiger partial charge is 0.312 e. The lowest BCUT2D eigenvalue weighted by Crippen LogP contribution is -2.38. The summed E-state index contributed by atoms with van der Waals surface area (Å²) in [6.45, 7) is 3.84. The Morgan fingerprint density at radius 1 is 1.75 bits per heavy atom. The quantitative estimate of drug-likeness (QED) is 0.802. The number of carbonyl (C=O) groups is 1. The number of hydrogen-bond donors (Lipinski definition) is 1. The minimum atomic E-state index is 0.194. The molecule has 1 aliphatic rings. The predicted molar refractivity (Wildman–Crippen MR) is 66.0 cm³/mol. The topological polar surface area (TPSA) is 46.9 Å². The van der Waals surface area contributed by atoms with Crippen LogP contribution in [0, 0.1) is 0 Å². The fourth-order valence-electron chi connectivity index (χ4n) is 1.77. The van der Waals surface area contributed by atoms with Gasteiger partial charge in [0.1, 0.15) is 0 Å². The van der Waals surface area contributed by atoms with Crippen LogP contribution in [0.25, 0.3) is 0 Å². The first-order valence-corrected chi connectivity index (χ1v) is 6.82. The van der Waals surface area contributed by atoms with Crippen LogP contribution in [-0.2, 0) is 6.54 Å². The molecule has 0 radical (unpaired) electrons. The number of thioether (sulfide) groups is 1. The fraction of sp³-hybridized carbons (Fsp3) is 0.636. The van der Waals surface area contributed by atoms with E-state index in [2.05, 4.69) is 10.4 Å². The summed E-state index contributed by atoms with van der Waals surface area (Å²) < 4.78 is 1.79. The van der Waals surface area contributed by atoms with Gasteiger partial charge in [-0.15, -0.1) is 0 Å². The maximum absolute atomic E-state index is 11.9. The van der Waals surface area contributed by atoms with Crippen LogP contribution >= 0.6 is 11.8 Å². The molecule has 0 amide bonds. The SMILES string of the molecule is CCn1cc(C(=O)CC2CSCCN2)cn1. The Labute approximate surface area is 99.8 Å². The van der Waals surface area contributed by atoms with Gasteiger partial charge in [-0.2, -0.15) is 16.9 Å². The Bertz CT molecular complexity index is 358. The number of nitrogens with zero attached hydrogens (tertiary/aromatic N) is 2. The van der Waals surface area contributed by atoms with E-state index >= 15 is 0 Å². The van der Waals surface area contributed by atoms with E-state index in [4.69, 9.17) is 0 Å². The highest BCUT2D eigenvalue weighted by Gasteiger charge is 2.18. The molecule has 0 saturated carbocycles. The van der Waals surface area contributed by atoms with Gasteiger partial charge in [-0.3, -0.25) is 9.48 Å². The monoisotopic (exact) mass is 239 g/mol.